The molecular weight excluding hydrogens is 344 g/mol. The van der Waals surface area contributed by atoms with Crippen LogP contribution in [0.1, 0.15) is 56.9 Å². The fourth-order valence-corrected chi connectivity index (χ4v) is 3.52. The molecule has 0 radical (unpaired) electrons. The Labute approximate surface area is 159 Å². The summed E-state index contributed by atoms with van der Waals surface area (Å²) >= 11 is 0. The van der Waals surface area contributed by atoms with Gasteiger partial charge in [-0.15, -0.1) is 0 Å². The fraction of sp³-hybridized carbons (Fsp3) is 0.600. The van der Waals surface area contributed by atoms with Crippen molar-refractivity contribution in [2.45, 2.75) is 58.7 Å². The monoisotopic (exact) mass is 372 g/mol. The second-order valence-electron chi connectivity index (χ2n) is 8.42. The van der Waals surface area contributed by atoms with E-state index >= 15 is 0 Å². The van der Waals surface area contributed by atoms with Crippen molar-refractivity contribution in [3.05, 3.63) is 28.5 Å². The van der Waals surface area contributed by atoms with Gasteiger partial charge in [0.05, 0.1) is 10.7 Å². The van der Waals surface area contributed by atoms with Gasteiger partial charge in [-0.05, 0) is 43.2 Å². The van der Waals surface area contributed by atoms with E-state index in [0.29, 0.717) is 24.7 Å². The average Bonchev–Trinajstić information content (AvgIpc) is 3.04. The van der Waals surface area contributed by atoms with E-state index < -0.39 is 12.3 Å². The normalized spacial score (nSPS) is 20.3. The molecule has 1 fully saturated rings. The summed E-state index contributed by atoms with van der Waals surface area (Å²) in [7, 11) is 0. The molecule has 1 saturated heterocycles. The number of aliphatic hydroxyl groups excluding tert-OH is 1. The lowest BCUT2D eigenvalue weighted by Gasteiger charge is -2.30. The molecule has 2 aliphatic heterocycles. The molecule has 2 aliphatic rings. The number of pyridine rings is 1. The Morgan fingerprint density at radius 2 is 2.15 bits per heavy atom. The number of amides is 2. The number of hydrogen-bond acceptors (Lipinski definition) is 5. The Morgan fingerprint density at radius 1 is 1.37 bits per heavy atom. The van der Waals surface area contributed by atoms with Crippen LogP contribution in [0.2, 0.25) is 0 Å². The summed E-state index contributed by atoms with van der Waals surface area (Å²) in [6, 6.07) is 2.73. The van der Waals surface area contributed by atoms with E-state index in [-0.39, 0.29) is 22.9 Å². The molecule has 3 heterocycles. The molecule has 0 aliphatic carbocycles. The van der Waals surface area contributed by atoms with E-state index in [2.05, 4.69) is 15.3 Å². The maximum Gasteiger partial charge on any atom is 0.270 e. The highest BCUT2D eigenvalue weighted by Gasteiger charge is 2.35. The zero-order valence-corrected chi connectivity index (χ0v) is 16.2. The maximum absolute atomic E-state index is 12.9. The van der Waals surface area contributed by atoms with E-state index in [1.807, 2.05) is 26.8 Å². The zero-order valence-electron chi connectivity index (χ0n) is 16.2. The lowest BCUT2D eigenvalue weighted by molar-refractivity contribution is -0.140. The predicted octanol–water partition coefficient (Wildman–Crippen LogP) is 0.361. The Hall–Kier alpha value is -2.28. The first-order valence-electron chi connectivity index (χ1n) is 9.56. The molecule has 0 aromatic carbocycles. The molecule has 2 N–H and O–H groups in total. The van der Waals surface area contributed by atoms with Crippen molar-refractivity contribution in [1.29, 1.82) is 0 Å². The van der Waals surface area contributed by atoms with Crippen LogP contribution in [0.5, 0.6) is 0 Å². The van der Waals surface area contributed by atoms with Gasteiger partial charge in [0.2, 0.25) is 5.91 Å². The van der Waals surface area contributed by atoms with Crippen molar-refractivity contribution < 1.29 is 14.7 Å². The molecule has 0 saturated carbocycles. The van der Waals surface area contributed by atoms with Crippen LogP contribution in [0, 0.1) is 5.41 Å². The second kappa shape index (κ2) is 7.76. The minimum Gasteiger partial charge on any atom is -0.374 e. The van der Waals surface area contributed by atoms with Crippen LogP contribution in [-0.2, 0) is 4.79 Å². The molecule has 1 aromatic rings. The van der Waals surface area contributed by atoms with Crippen molar-refractivity contribution in [3.8, 4) is 0 Å². The van der Waals surface area contributed by atoms with Crippen molar-refractivity contribution in [2.75, 3.05) is 13.1 Å². The summed E-state index contributed by atoms with van der Waals surface area (Å²) in [5, 5.41) is 14.4. The zero-order chi connectivity index (χ0) is 19.6. The van der Waals surface area contributed by atoms with Crippen LogP contribution >= 0.6 is 0 Å². The third-order valence-corrected chi connectivity index (χ3v) is 4.81. The molecule has 1 aromatic heterocycles. The molecule has 7 heteroatoms. The first kappa shape index (κ1) is 19.5. The molecule has 2 atom stereocenters. The van der Waals surface area contributed by atoms with Gasteiger partial charge in [-0.25, -0.2) is 4.98 Å². The highest BCUT2D eigenvalue weighted by atomic mass is 16.3. The van der Waals surface area contributed by atoms with Gasteiger partial charge in [0.25, 0.3) is 5.91 Å². The number of aromatic nitrogens is 1. The Bertz CT molecular complexity index is 844. The summed E-state index contributed by atoms with van der Waals surface area (Å²) < 4.78 is 0. The van der Waals surface area contributed by atoms with Crippen LogP contribution in [0.25, 0.3) is 6.08 Å². The molecule has 7 nitrogen and oxygen atoms in total. The topological polar surface area (TPSA) is 94.9 Å². The number of rotatable bonds is 4. The number of fused-ring (bicyclic) bond motifs is 1. The number of carbonyl (C=O) groups is 2. The van der Waals surface area contributed by atoms with Crippen molar-refractivity contribution in [1.82, 2.24) is 15.2 Å². The molecule has 0 spiro atoms. The number of aliphatic hydroxyl groups is 1. The second-order valence-corrected chi connectivity index (χ2v) is 8.42. The summed E-state index contributed by atoms with van der Waals surface area (Å²) in [4.78, 5) is 36.0. The minimum absolute atomic E-state index is 0.159. The van der Waals surface area contributed by atoms with Gasteiger partial charge in [0.15, 0.2) is 0 Å². The van der Waals surface area contributed by atoms with E-state index in [0.717, 1.165) is 24.7 Å². The van der Waals surface area contributed by atoms with Crippen LogP contribution in [-0.4, -0.2) is 52.2 Å². The fourth-order valence-electron chi connectivity index (χ4n) is 3.52. The molecule has 27 heavy (non-hydrogen) atoms. The Kier molecular flexibility index (Phi) is 5.60. The molecule has 2 unspecified atom stereocenters. The van der Waals surface area contributed by atoms with Gasteiger partial charge >= 0.3 is 0 Å². The highest BCUT2D eigenvalue weighted by Crippen LogP contribution is 2.24. The molecule has 2 amide bonds. The Balaban J connectivity index is 1.81. The smallest absolute Gasteiger partial charge is 0.270 e. The van der Waals surface area contributed by atoms with Gasteiger partial charge in [0.1, 0.15) is 18.0 Å². The Morgan fingerprint density at radius 3 is 2.81 bits per heavy atom. The van der Waals surface area contributed by atoms with Gasteiger partial charge in [-0.1, -0.05) is 26.8 Å². The van der Waals surface area contributed by atoms with Crippen LogP contribution in [0.3, 0.4) is 0 Å². The SMILES string of the molecule is CC(C)(C)CC(NC(=O)c1ccc2c(n1)=CCCN=2)C(=O)N1CCCC1O. The number of likely N-dealkylation sites (tertiary alicyclic amines) is 1. The minimum atomic E-state index is -0.769. The summed E-state index contributed by atoms with van der Waals surface area (Å²) in [5.41, 5.74) is 0.115. The van der Waals surface area contributed by atoms with E-state index in [9.17, 15) is 14.7 Å². The number of carbonyl (C=O) groups excluding carboxylic acids is 2. The van der Waals surface area contributed by atoms with Crippen LogP contribution in [0.4, 0.5) is 0 Å². The lowest BCUT2D eigenvalue weighted by atomic mass is 9.87. The lowest BCUT2D eigenvalue weighted by Crippen LogP contribution is -2.51. The number of nitrogens with one attached hydrogen (secondary N) is 1. The number of hydrogen-bond donors (Lipinski definition) is 2. The molecule has 146 valence electrons. The first-order chi connectivity index (χ1) is 12.7. The molecular formula is C20H28N4O3. The highest BCUT2D eigenvalue weighted by molar-refractivity contribution is 5.96. The molecule has 0 bridgehead atoms. The third-order valence-electron chi connectivity index (χ3n) is 4.81. The van der Waals surface area contributed by atoms with Gasteiger partial charge in [-0.3, -0.25) is 14.6 Å². The standard InChI is InChI=1S/C20H28N4O3/c1-20(2,3)12-16(19(27)24-11-5-7-17(24)25)23-18(26)15-9-8-13-14(22-15)6-4-10-21-13/h6,8-9,16-17,25H,4-5,7,10-12H2,1-3H3,(H,23,26). The van der Waals surface area contributed by atoms with Crippen molar-refractivity contribution in [2.24, 2.45) is 10.4 Å². The summed E-state index contributed by atoms with van der Waals surface area (Å²) in [6.45, 7) is 7.32. The third kappa shape index (κ3) is 4.71. The van der Waals surface area contributed by atoms with Gasteiger partial charge in [0, 0.05) is 13.1 Å². The first-order valence-corrected chi connectivity index (χ1v) is 9.56. The quantitative estimate of drug-likeness (QED) is 0.798. The van der Waals surface area contributed by atoms with E-state index in [4.69, 9.17) is 0 Å². The average molecular weight is 372 g/mol. The maximum atomic E-state index is 12.9. The molecule has 3 rings (SSSR count). The predicted molar refractivity (Wildman–Crippen MR) is 101 cm³/mol. The van der Waals surface area contributed by atoms with E-state index in [1.54, 1.807) is 12.1 Å². The van der Waals surface area contributed by atoms with Crippen LogP contribution in [0.15, 0.2) is 17.1 Å². The summed E-state index contributed by atoms with van der Waals surface area (Å²) in [5.74, 6) is -0.615. The van der Waals surface area contributed by atoms with Crippen molar-refractivity contribution in [3.63, 3.8) is 0 Å². The van der Waals surface area contributed by atoms with Crippen LogP contribution < -0.4 is 16.0 Å². The van der Waals surface area contributed by atoms with E-state index in [1.165, 1.54) is 4.90 Å². The number of nitrogens with zero attached hydrogens (tertiary/aromatic N) is 3. The van der Waals surface area contributed by atoms with Gasteiger partial charge in [-0.2, -0.15) is 0 Å². The summed E-state index contributed by atoms with van der Waals surface area (Å²) in [6.07, 6.45) is 3.84. The largest absolute Gasteiger partial charge is 0.374 e. The van der Waals surface area contributed by atoms with Crippen molar-refractivity contribution >= 4 is 17.9 Å². The van der Waals surface area contributed by atoms with Gasteiger partial charge < -0.3 is 15.3 Å².